The second kappa shape index (κ2) is 5.60. The first-order valence-electron chi connectivity index (χ1n) is 7.36. The highest BCUT2D eigenvalue weighted by Crippen LogP contribution is 2.34. The molecule has 1 unspecified atom stereocenters. The second-order valence-corrected chi connectivity index (χ2v) is 5.54. The summed E-state index contributed by atoms with van der Waals surface area (Å²) in [4.78, 5) is 11.7. The highest BCUT2D eigenvalue weighted by atomic mass is 16.1. The Morgan fingerprint density at radius 2 is 2.00 bits per heavy atom. The van der Waals surface area contributed by atoms with E-state index in [9.17, 15) is 4.79 Å². The van der Waals surface area contributed by atoms with Gasteiger partial charge in [-0.2, -0.15) is 0 Å². The summed E-state index contributed by atoms with van der Waals surface area (Å²) in [6, 6.07) is 14.8. The van der Waals surface area contributed by atoms with Crippen LogP contribution in [-0.4, -0.2) is 13.0 Å². The molecular weight excluding hydrogens is 260 g/mol. The summed E-state index contributed by atoms with van der Waals surface area (Å²) in [5.41, 5.74) is 5.74. The van der Waals surface area contributed by atoms with Crippen LogP contribution < -0.4 is 10.6 Å². The number of carbonyl (C=O) groups is 1. The van der Waals surface area contributed by atoms with Crippen LogP contribution in [0.2, 0.25) is 0 Å². The van der Waals surface area contributed by atoms with Crippen LogP contribution in [-0.2, 0) is 6.42 Å². The molecule has 2 N–H and O–H groups in total. The van der Waals surface area contributed by atoms with Gasteiger partial charge in [0.25, 0.3) is 5.91 Å². The van der Waals surface area contributed by atoms with Crippen LogP contribution in [0.15, 0.2) is 42.5 Å². The minimum Gasteiger partial charge on any atom is -0.378 e. The summed E-state index contributed by atoms with van der Waals surface area (Å²) < 4.78 is 0. The van der Waals surface area contributed by atoms with Gasteiger partial charge in [-0.1, -0.05) is 24.3 Å². The lowest BCUT2D eigenvalue weighted by Crippen LogP contribution is -2.18. The van der Waals surface area contributed by atoms with Gasteiger partial charge < -0.3 is 10.6 Å². The fourth-order valence-corrected chi connectivity index (χ4v) is 3.01. The molecule has 0 fully saturated rings. The molecule has 0 radical (unpaired) electrons. The van der Waals surface area contributed by atoms with Gasteiger partial charge in [0.15, 0.2) is 0 Å². The van der Waals surface area contributed by atoms with Crippen molar-refractivity contribution in [3.63, 3.8) is 0 Å². The van der Waals surface area contributed by atoms with E-state index in [1.807, 2.05) is 25.1 Å². The van der Waals surface area contributed by atoms with Crippen molar-refractivity contribution < 1.29 is 4.79 Å². The first-order chi connectivity index (χ1) is 10.2. The molecule has 2 aromatic rings. The summed E-state index contributed by atoms with van der Waals surface area (Å²) in [6.07, 6.45) is 2.25. The van der Waals surface area contributed by atoms with Crippen molar-refractivity contribution in [3.8, 4) is 0 Å². The van der Waals surface area contributed by atoms with E-state index in [0.29, 0.717) is 11.6 Å². The van der Waals surface area contributed by atoms with E-state index in [2.05, 4.69) is 34.9 Å². The maximum Gasteiger partial charge on any atom is 0.251 e. The molecular formula is C18H20N2O. The quantitative estimate of drug-likeness (QED) is 0.904. The number of nitrogens with one attached hydrogen (secondary N) is 2. The Kier molecular flexibility index (Phi) is 3.65. The van der Waals surface area contributed by atoms with Crippen molar-refractivity contribution in [1.82, 2.24) is 5.32 Å². The minimum atomic E-state index is -0.0455. The third-order valence-electron chi connectivity index (χ3n) is 4.18. The Morgan fingerprint density at radius 1 is 1.19 bits per heavy atom. The molecule has 1 aliphatic rings. The summed E-state index contributed by atoms with van der Waals surface area (Å²) >= 11 is 0. The van der Waals surface area contributed by atoms with Gasteiger partial charge in [0.05, 0.1) is 6.04 Å². The molecule has 108 valence electrons. The Hall–Kier alpha value is -2.29. The van der Waals surface area contributed by atoms with Crippen LogP contribution >= 0.6 is 0 Å². The Bertz CT molecular complexity index is 679. The fourth-order valence-electron chi connectivity index (χ4n) is 3.01. The SMILES string of the molecule is CNC(=O)c1ccc(NC2CCc3ccccc32)c(C)c1. The van der Waals surface area contributed by atoms with Crippen molar-refractivity contribution in [2.75, 3.05) is 12.4 Å². The molecule has 0 aromatic heterocycles. The summed E-state index contributed by atoms with van der Waals surface area (Å²) in [5.74, 6) is -0.0455. The zero-order chi connectivity index (χ0) is 14.8. The first kappa shape index (κ1) is 13.7. The van der Waals surface area contributed by atoms with Gasteiger partial charge in [-0.3, -0.25) is 4.79 Å². The average molecular weight is 280 g/mol. The standard InChI is InChI=1S/C18H20N2O/c1-12-11-14(18(21)19-2)8-9-16(12)20-17-10-7-13-5-3-4-6-15(13)17/h3-6,8-9,11,17,20H,7,10H2,1-2H3,(H,19,21). The summed E-state index contributed by atoms with van der Waals surface area (Å²) in [7, 11) is 1.65. The summed E-state index contributed by atoms with van der Waals surface area (Å²) in [5, 5.41) is 6.27. The Morgan fingerprint density at radius 3 is 2.76 bits per heavy atom. The predicted octanol–water partition coefficient (Wildman–Crippen LogP) is 3.45. The second-order valence-electron chi connectivity index (χ2n) is 5.54. The lowest BCUT2D eigenvalue weighted by molar-refractivity contribution is 0.0963. The van der Waals surface area contributed by atoms with Crippen molar-refractivity contribution >= 4 is 11.6 Å². The van der Waals surface area contributed by atoms with E-state index in [1.165, 1.54) is 11.1 Å². The molecule has 0 bridgehead atoms. The number of fused-ring (bicyclic) bond motifs is 1. The number of aryl methyl sites for hydroxylation is 2. The van der Waals surface area contributed by atoms with Crippen molar-refractivity contribution in [3.05, 3.63) is 64.7 Å². The van der Waals surface area contributed by atoms with Crippen molar-refractivity contribution in [2.24, 2.45) is 0 Å². The highest BCUT2D eigenvalue weighted by molar-refractivity contribution is 5.94. The molecule has 3 nitrogen and oxygen atoms in total. The normalized spacial score (nSPS) is 16.4. The molecule has 0 saturated carbocycles. The molecule has 0 spiro atoms. The van der Waals surface area contributed by atoms with E-state index in [4.69, 9.17) is 0 Å². The number of amides is 1. The predicted molar refractivity (Wildman–Crippen MR) is 85.7 cm³/mol. The maximum absolute atomic E-state index is 11.7. The Labute approximate surface area is 125 Å². The Balaban J connectivity index is 1.82. The molecule has 0 aliphatic heterocycles. The van der Waals surface area contributed by atoms with Crippen molar-refractivity contribution in [2.45, 2.75) is 25.8 Å². The van der Waals surface area contributed by atoms with Gasteiger partial charge in [-0.15, -0.1) is 0 Å². The van der Waals surface area contributed by atoms with E-state index >= 15 is 0 Å². The van der Waals surface area contributed by atoms with Gasteiger partial charge >= 0.3 is 0 Å². The van der Waals surface area contributed by atoms with Gasteiger partial charge in [-0.05, 0) is 54.7 Å². The first-order valence-corrected chi connectivity index (χ1v) is 7.36. The molecule has 0 heterocycles. The molecule has 21 heavy (non-hydrogen) atoms. The van der Waals surface area contributed by atoms with Gasteiger partial charge in [0.1, 0.15) is 0 Å². The number of benzene rings is 2. The molecule has 3 heteroatoms. The van der Waals surface area contributed by atoms with E-state index in [1.54, 1.807) is 7.05 Å². The van der Waals surface area contributed by atoms with Crippen LogP contribution in [0.25, 0.3) is 0 Å². The molecule has 1 amide bonds. The minimum absolute atomic E-state index is 0.0455. The molecule has 3 rings (SSSR count). The monoisotopic (exact) mass is 280 g/mol. The molecule has 1 atom stereocenters. The smallest absolute Gasteiger partial charge is 0.251 e. The van der Waals surface area contributed by atoms with E-state index < -0.39 is 0 Å². The largest absolute Gasteiger partial charge is 0.378 e. The van der Waals surface area contributed by atoms with Crippen LogP contribution in [0.1, 0.15) is 39.5 Å². The molecule has 1 aliphatic carbocycles. The van der Waals surface area contributed by atoms with Gasteiger partial charge in [0.2, 0.25) is 0 Å². The topological polar surface area (TPSA) is 41.1 Å². The van der Waals surface area contributed by atoms with Crippen molar-refractivity contribution in [1.29, 1.82) is 0 Å². The number of rotatable bonds is 3. The zero-order valence-corrected chi connectivity index (χ0v) is 12.4. The van der Waals surface area contributed by atoms with Gasteiger partial charge in [-0.25, -0.2) is 0 Å². The van der Waals surface area contributed by atoms with Crippen LogP contribution in [0.4, 0.5) is 5.69 Å². The third kappa shape index (κ3) is 2.64. The number of hydrogen-bond donors (Lipinski definition) is 2. The van der Waals surface area contributed by atoms with E-state index in [0.717, 1.165) is 24.1 Å². The van der Waals surface area contributed by atoms with E-state index in [-0.39, 0.29) is 5.91 Å². The molecule has 0 saturated heterocycles. The number of hydrogen-bond acceptors (Lipinski definition) is 2. The van der Waals surface area contributed by atoms with Gasteiger partial charge in [0, 0.05) is 18.3 Å². The average Bonchev–Trinajstić information content (AvgIpc) is 2.92. The van der Waals surface area contributed by atoms with Crippen LogP contribution in [0, 0.1) is 6.92 Å². The highest BCUT2D eigenvalue weighted by Gasteiger charge is 2.22. The molecule has 2 aromatic carbocycles. The lowest BCUT2D eigenvalue weighted by atomic mass is 10.1. The third-order valence-corrected chi connectivity index (χ3v) is 4.18. The number of carbonyl (C=O) groups excluding carboxylic acids is 1. The lowest BCUT2D eigenvalue weighted by Gasteiger charge is -2.18. The van der Waals surface area contributed by atoms with Crippen LogP contribution in [0.5, 0.6) is 0 Å². The van der Waals surface area contributed by atoms with Crippen LogP contribution in [0.3, 0.4) is 0 Å². The fraction of sp³-hybridized carbons (Fsp3) is 0.278. The zero-order valence-electron chi connectivity index (χ0n) is 12.4. The maximum atomic E-state index is 11.7. The summed E-state index contributed by atoms with van der Waals surface area (Å²) in [6.45, 7) is 2.04. The number of anilines is 1.